The lowest BCUT2D eigenvalue weighted by atomic mass is 9.98. The molecule has 21 heavy (non-hydrogen) atoms. The van der Waals surface area contributed by atoms with E-state index in [1.807, 2.05) is 13.0 Å². The smallest absolute Gasteiger partial charge is 0.328 e. The van der Waals surface area contributed by atoms with Crippen LogP contribution >= 0.6 is 0 Å². The summed E-state index contributed by atoms with van der Waals surface area (Å²) < 4.78 is 0. The van der Waals surface area contributed by atoms with Crippen LogP contribution in [0.25, 0.3) is 6.08 Å². The molecule has 0 aromatic carbocycles. The molecule has 4 heteroatoms. The third-order valence-corrected chi connectivity index (χ3v) is 4.21. The number of hydrogen-bond donors (Lipinski definition) is 1. The van der Waals surface area contributed by atoms with Gasteiger partial charge in [-0.2, -0.15) is 0 Å². The lowest BCUT2D eigenvalue weighted by Crippen LogP contribution is -2.26. The first kappa shape index (κ1) is 15.5. The van der Waals surface area contributed by atoms with Crippen LogP contribution < -0.4 is 4.90 Å². The highest BCUT2D eigenvalue weighted by atomic mass is 16.4. The standard InChI is InChI=1S/C17H24N2O2/c1-3-14-5-4-9-19(10-8-14)17-13(2)11-15(12-18-17)6-7-16(20)21/h6-7,11-12,14H,3-5,8-10H2,1-2H3,(H,20,21)/b7-6+. The Hall–Kier alpha value is -1.84. The number of carboxylic acid groups (broad SMARTS) is 1. The van der Waals surface area contributed by atoms with Gasteiger partial charge in [-0.25, -0.2) is 9.78 Å². The van der Waals surface area contributed by atoms with Crippen LogP contribution in [0.15, 0.2) is 18.3 Å². The second kappa shape index (κ2) is 7.25. The van der Waals surface area contributed by atoms with Crippen LogP contribution in [0, 0.1) is 12.8 Å². The summed E-state index contributed by atoms with van der Waals surface area (Å²) in [6.07, 6.45) is 9.52. The molecule has 0 spiro atoms. The number of nitrogens with zero attached hydrogens (tertiary/aromatic N) is 2. The van der Waals surface area contributed by atoms with E-state index in [4.69, 9.17) is 5.11 Å². The Morgan fingerprint density at radius 1 is 1.48 bits per heavy atom. The van der Waals surface area contributed by atoms with E-state index in [1.165, 1.54) is 25.7 Å². The SMILES string of the molecule is CCC1CCCN(c2ncc(/C=C/C(=O)O)cc2C)CC1. The zero-order valence-electron chi connectivity index (χ0n) is 12.9. The molecule has 0 aliphatic carbocycles. The maximum absolute atomic E-state index is 10.6. The quantitative estimate of drug-likeness (QED) is 0.861. The summed E-state index contributed by atoms with van der Waals surface area (Å²) in [6, 6.07) is 2.00. The van der Waals surface area contributed by atoms with Crippen molar-refractivity contribution in [1.29, 1.82) is 0 Å². The largest absolute Gasteiger partial charge is 0.478 e. The van der Waals surface area contributed by atoms with Crippen molar-refractivity contribution >= 4 is 17.9 Å². The van der Waals surface area contributed by atoms with Gasteiger partial charge >= 0.3 is 5.97 Å². The van der Waals surface area contributed by atoms with Crippen LogP contribution in [0.1, 0.15) is 43.7 Å². The van der Waals surface area contributed by atoms with Crippen molar-refractivity contribution in [2.75, 3.05) is 18.0 Å². The van der Waals surface area contributed by atoms with Crippen LogP contribution in [0.5, 0.6) is 0 Å². The Balaban J connectivity index is 2.11. The average Bonchev–Trinajstić information content (AvgIpc) is 2.70. The Bertz CT molecular complexity index is 526. The van der Waals surface area contributed by atoms with Crippen LogP contribution in [-0.2, 0) is 4.79 Å². The fourth-order valence-corrected chi connectivity index (χ4v) is 2.96. The highest BCUT2D eigenvalue weighted by Crippen LogP contribution is 2.25. The molecule has 0 bridgehead atoms. The maximum atomic E-state index is 10.6. The number of carbonyl (C=O) groups is 1. The van der Waals surface area contributed by atoms with Crippen LogP contribution in [0.4, 0.5) is 5.82 Å². The minimum absolute atomic E-state index is 0.833. The normalized spacial score (nSPS) is 19.7. The summed E-state index contributed by atoms with van der Waals surface area (Å²) in [4.78, 5) is 17.5. The number of anilines is 1. The van der Waals surface area contributed by atoms with Crippen LogP contribution in [0.3, 0.4) is 0 Å². The second-order valence-corrected chi connectivity index (χ2v) is 5.77. The summed E-state index contributed by atoms with van der Waals surface area (Å²) in [5.74, 6) is 0.946. The highest BCUT2D eigenvalue weighted by Gasteiger charge is 2.18. The van der Waals surface area contributed by atoms with Crippen molar-refractivity contribution in [1.82, 2.24) is 4.98 Å². The summed E-state index contributed by atoms with van der Waals surface area (Å²) in [6.45, 7) is 6.45. The van der Waals surface area contributed by atoms with E-state index in [0.29, 0.717) is 0 Å². The van der Waals surface area contributed by atoms with Gasteiger partial charge in [0.05, 0.1) is 0 Å². The predicted octanol–water partition coefficient (Wildman–Crippen LogP) is 3.50. The molecule has 2 heterocycles. The molecular weight excluding hydrogens is 264 g/mol. The maximum Gasteiger partial charge on any atom is 0.328 e. The second-order valence-electron chi connectivity index (χ2n) is 5.77. The van der Waals surface area contributed by atoms with E-state index in [1.54, 1.807) is 12.3 Å². The number of hydrogen-bond acceptors (Lipinski definition) is 3. The molecule has 0 saturated carbocycles. The van der Waals surface area contributed by atoms with Gasteiger partial charge in [0.1, 0.15) is 5.82 Å². The predicted molar refractivity (Wildman–Crippen MR) is 85.5 cm³/mol. The Morgan fingerprint density at radius 2 is 2.29 bits per heavy atom. The molecule has 1 aromatic rings. The highest BCUT2D eigenvalue weighted by molar-refractivity contribution is 5.85. The monoisotopic (exact) mass is 288 g/mol. The number of pyridine rings is 1. The van der Waals surface area contributed by atoms with E-state index >= 15 is 0 Å². The zero-order chi connectivity index (χ0) is 15.2. The van der Waals surface area contributed by atoms with Gasteiger partial charge in [-0.05, 0) is 55.4 Å². The van der Waals surface area contributed by atoms with Crippen LogP contribution in [0.2, 0.25) is 0 Å². The zero-order valence-corrected chi connectivity index (χ0v) is 12.9. The Kier molecular flexibility index (Phi) is 5.37. The number of aromatic nitrogens is 1. The minimum Gasteiger partial charge on any atom is -0.478 e. The van der Waals surface area contributed by atoms with Crippen molar-refractivity contribution in [2.24, 2.45) is 5.92 Å². The van der Waals surface area contributed by atoms with Crippen molar-refractivity contribution in [3.8, 4) is 0 Å². The van der Waals surface area contributed by atoms with E-state index in [-0.39, 0.29) is 0 Å². The average molecular weight is 288 g/mol. The lowest BCUT2D eigenvalue weighted by Gasteiger charge is -2.23. The summed E-state index contributed by atoms with van der Waals surface area (Å²) in [7, 11) is 0. The van der Waals surface area contributed by atoms with Gasteiger partial charge in [-0.3, -0.25) is 0 Å². The number of carboxylic acids is 1. The topological polar surface area (TPSA) is 53.4 Å². The minimum atomic E-state index is -0.935. The lowest BCUT2D eigenvalue weighted by molar-refractivity contribution is -0.131. The summed E-state index contributed by atoms with van der Waals surface area (Å²) in [5, 5.41) is 8.67. The van der Waals surface area contributed by atoms with Crippen LogP contribution in [-0.4, -0.2) is 29.1 Å². The molecule has 0 amide bonds. The van der Waals surface area contributed by atoms with Gasteiger partial charge in [-0.1, -0.05) is 13.3 Å². The summed E-state index contributed by atoms with van der Waals surface area (Å²) in [5.41, 5.74) is 1.94. The third kappa shape index (κ3) is 4.31. The first-order valence-electron chi connectivity index (χ1n) is 7.72. The molecule has 4 nitrogen and oxygen atoms in total. The molecular formula is C17H24N2O2. The number of aryl methyl sites for hydroxylation is 1. The van der Waals surface area contributed by atoms with E-state index in [9.17, 15) is 4.79 Å². The molecule has 2 rings (SSSR count). The van der Waals surface area contributed by atoms with Gasteiger partial charge in [0.2, 0.25) is 0 Å². The molecule has 1 unspecified atom stereocenters. The van der Waals surface area contributed by atoms with Gasteiger partial charge < -0.3 is 10.0 Å². The Morgan fingerprint density at radius 3 is 2.95 bits per heavy atom. The summed E-state index contributed by atoms with van der Waals surface area (Å²) >= 11 is 0. The molecule has 0 radical (unpaired) electrons. The molecule has 114 valence electrons. The number of rotatable bonds is 4. The van der Waals surface area contributed by atoms with Crippen molar-refractivity contribution in [3.63, 3.8) is 0 Å². The van der Waals surface area contributed by atoms with Gasteiger partial charge in [0.15, 0.2) is 0 Å². The first-order valence-corrected chi connectivity index (χ1v) is 7.72. The molecule has 1 saturated heterocycles. The van der Waals surface area contributed by atoms with E-state index < -0.39 is 5.97 Å². The fourth-order valence-electron chi connectivity index (χ4n) is 2.96. The first-order chi connectivity index (χ1) is 10.1. The van der Waals surface area contributed by atoms with E-state index in [2.05, 4.69) is 16.8 Å². The van der Waals surface area contributed by atoms with Crippen molar-refractivity contribution < 1.29 is 9.90 Å². The van der Waals surface area contributed by atoms with E-state index in [0.717, 1.165) is 42.0 Å². The molecule has 1 N–H and O–H groups in total. The fraction of sp³-hybridized carbons (Fsp3) is 0.529. The van der Waals surface area contributed by atoms with Gasteiger partial charge in [0.25, 0.3) is 0 Å². The molecule has 1 aliphatic heterocycles. The third-order valence-electron chi connectivity index (χ3n) is 4.21. The molecule has 1 fully saturated rings. The van der Waals surface area contributed by atoms with Crippen molar-refractivity contribution in [3.05, 3.63) is 29.5 Å². The molecule has 1 aliphatic rings. The molecule has 1 aromatic heterocycles. The van der Waals surface area contributed by atoms with Gasteiger partial charge in [0, 0.05) is 25.4 Å². The number of aliphatic carboxylic acids is 1. The van der Waals surface area contributed by atoms with Gasteiger partial charge in [-0.15, -0.1) is 0 Å². The molecule has 1 atom stereocenters. The Labute approximate surface area is 126 Å². The van der Waals surface area contributed by atoms with Crippen molar-refractivity contribution in [2.45, 2.75) is 39.5 Å².